The number of rotatable bonds is 5. The zero-order valence-corrected chi connectivity index (χ0v) is 11.3. The Hall–Kier alpha value is -1.85. The van der Waals surface area contributed by atoms with Crippen molar-refractivity contribution in [1.82, 2.24) is 5.32 Å². The van der Waals surface area contributed by atoms with Gasteiger partial charge < -0.3 is 5.32 Å². The molecule has 0 fully saturated rings. The number of Topliss-reactive ketones (excluding diaryl/α,β-unsaturated/α-hetero) is 1. The molecule has 0 aliphatic carbocycles. The van der Waals surface area contributed by atoms with Crippen LogP contribution in [0.25, 0.3) is 0 Å². The smallest absolute Gasteiger partial charge is 0.354 e. The molecule has 0 saturated heterocycles. The molecule has 3 nitrogen and oxygen atoms in total. The average molecular weight is 287 g/mol. The van der Waals surface area contributed by atoms with Gasteiger partial charge in [-0.05, 0) is 26.0 Å². The predicted molar refractivity (Wildman–Crippen MR) is 68.3 cm³/mol. The van der Waals surface area contributed by atoms with Crippen LogP contribution in [0, 0.1) is 0 Å². The molecule has 0 atom stereocenters. The largest absolute Gasteiger partial charge is 0.416 e. The van der Waals surface area contributed by atoms with Crippen molar-refractivity contribution >= 4 is 11.7 Å². The Morgan fingerprint density at radius 2 is 1.85 bits per heavy atom. The van der Waals surface area contributed by atoms with Crippen LogP contribution in [0.3, 0.4) is 0 Å². The Bertz CT molecular complexity index is 495. The molecule has 1 amide bonds. The summed E-state index contributed by atoms with van der Waals surface area (Å²) in [6.07, 6.45) is -4.63. The molecule has 1 N–H and O–H groups in total. The normalized spacial score (nSPS) is 11.5. The Labute approximate surface area is 115 Å². The van der Waals surface area contributed by atoms with Crippen molar-refractivity contribution in [3.05, 3.63) is 35.4 Å². The van der Waals surface area contributed by atoms with Crippen LogP contribution in [0.5, 0.6) is 0 Å². The lowest BCUT2D eigenvalue weighted by molar-refractivity contribution is -0.137. The van der Waals surface area contributed by atoms with Gasteiger partial charge in [-0.25, -0.2) is 0 Å². The third-order valence-electron chi connectivity index (χ3n) is 2.54. The Morgan fingerprint density at radius 3 is 2.40 bits per heavy atom. The number of benzene rings is 1. The SMILES string of the molecule is CC(C)NC(=O)CCC(=O)c1cccc(C(F)(F)F)c1. The summed E-state index contributed by atoms with van der Waals surface area (Å²) in [7, 11) is 0. The van der Waals surface area contributed by atoms with Gasteiger partial charge in [-0.1, -0.05) is 12.1 Å². The van der Waals surface area contributed by atoms with Gasteiger partial charge in [0.2, 0.25) is 5.91 Å². The monoisotopic (exact) mass is 287 g/mol. The first-order chi connectivity index (χ1) is 9.20. The molecular weight excluding hydrogens is 271 g/mol. The van der Waals surface area contributed by atoms with Gasteiger partial charge in [0, 0.05) is 24.4 Å². The standard InChI is InChI=1S/C14H16F3NO2/c1-9(2)18-13(20)7-6-12(19)10-4-3-5-11(8-10)14(15,16)17/h3-5,8-9H,6-7H2,1-2H3,(H,18,20). The summed E-state index contributed by atoms with van der Waals surface area (Å²) in [4.78, 5) is 23.1. The number of amides is 1. The molecule has 0 spiro atoms. The zero-order chi connectivity index (χ0) is 15.3. The average Bonchev–Trinajstić information content (AvgIpc) is 2.34. The van der Waals surface area contributed by atoms with Crippen molar-refractivity contribution in [1.29, 1.82) is 0 Å². The molecule has 6 heteroatoms. The summed E-state index contributed by atoms with van der Waals surface area (Å²) in [5, 5.41) is 2.61. The molecule has 0 bridgehead atoms. The van der Waals surface area contributed by atoms with Crippen LogP contribution in [-0.2, 0) is 11.0 Å². The van der Waals surface area contributed by atoms with E-state index in [9.17, 15) is 22.8 Å². The molecule has 0 heterocycles. The maximum absolute atomic E-state index is 12.5. The number of hydrogen-bond acceptors (Lipinski definition) is 2. The van der Waals surface area contributed by atoms with Crippen LogP contribution in [0.2, 0.25) is 0 Å². The van der Waals surface area contributed by atoms with E-state index in [1.54, 1.807) is 13.8 Å². The number of halogens is 3. The van der Waals surface area contributed by atoms with E-state index in [2.05, 4.69) is 5.32 Å². The highest BCUT2D eigenvalue weighted by Crippen LogP contribution is 2.29. The Balaban J connectivity index is 2.67. The van der Waals surface area contributed by atoms with E-state index in [0.29, 0.717) is 0 Å². The summed E-state index contributed by atoms with van der Waals surface area (Å²) in [6.45, 7) is 3.57. The second kappa shape index (κ2) is 6.54. The molecule has 1 aromatic rings. The van der Waals surface area contributed by atoms with E-state index < -0.39 is 17.5 Å². The van der Waals surface area contributed by atoms with Gasteiger partial charge in [-0.3, -0.25) is 9.59 Å². The fraction of sp³-hybridized carbons (Fsp3) is 0.429. The number of carbonyl (C=O) groups excluding carboxylic acids is 2. The van der Waals surface area contributed by atoms with Crippen molar-refractivity contribution in [3.8, 4) is 0 Å². The molecule has 20 heavy (non-hydrogen) atoms. The minimum absolute atomic E-state index is 0.0304. The minimum atomic E-state index is -4.48. The van der Waals surface area contributed by atoms with Crippen molar-refractivity contribution in [2.45, 2.75) is 38.9 Å². The molecule has 0 aliphatic rings. The first-order valence-corrected chi connectivity index (χ1v) is 6.20. The van der Waals surface area contributed by atoms with Crippen LogP contribution in [0.1, 0.15) is 42.6 Å². The van der Waals surface area contributed by atoms with Gasteiger partial charge >= 0.3 is 6.18 Å². The highest BCUT2D eigenvalue weighted by molar-refractivity contribution is 5.98. The lowest BCUT2D eigenvalue weighted by Gasteiger charge is -2.09. The fourth-order valence-electron chi connectivity index (χ4n) is 1.63. The summed E-state index contributed by atoms with van der Waals surface area (Å²) in [5.74, 6) is -0.768. The second-order valence-corrected chi connectivity index (χ2v) is 4.72. The minimum Gasteiger partial charge on any atom is -0.354 e. The quantitative estimate of drug-likeness (QED) is 0.845. The molecule has 1 aromatic carbocycles. The lowest BCUT2D eigenvalue weighted by Crippen LogP contribution is -2.30. The fourth-order valence-corrected chi connectivity index (χ4v) is 1.63. The van der Waals surface area contributed by atoms with Crippen molar-refractivity contribution < 1.29 is 22.8 Å². The number of nitrogens with one attached hydrogen (secondary N) is 1. The van der Waals surface area contributed by atoms with Gasteiger partial charge in [-0.2, -0.15) is 13.2 Å². The second-order valence-electron chi connectivity index (χ2n) is 4.72. The molecular formula is C14H16F3NO2. The molecule has 0 saturated carbocycles. The van der Waals surface area contributed by atoms with E-state index in [-0.39, 0.29) is 30.4 Å². The number of ketones is 1. The Morgan fingerprint density at radius 1 is 1.20 bits per heavy atom. The molecule has 110 valence electrons. The maximum atomic E-state index is 12.5. The van der Waals surface area contributed by atoms with Crippen LogP contribution in [0.4, 0.5) is 13.2 Å². The van der Waals surface area contributed by atoms with E-state index in [1.807, 2.05) is 0 Å². The highest BCUT2D eigenvalue weighted by atomic mass is 19.4. The van der Waals surface area contributed by atoms with Crippen molar-refractivity contribution in [2.24, 2.45) is 0 Å². The van der Waals surface area contributed by atoms with Crippen molar-refractivity contribution in [2.75, 3.05) is 0 Å². The Kier molecular flexibility index (Phi) is 5.30. The number of alkyl halides is 3. The predicted octanol–water partition coefficient (Wildman–Crippen LogP) is 3.19. The third-order valence-corrected chi connectivity index (χ3v) is 2.54. The zero-order valence-electron chi connectivity index (χ0n) is 11.3. The molecule has 0 unspecified atom stereocenters. The van der Waals surface area contributed by atoms with Gasteiger partial charge in [-0.15, -0.1) is 0 Å². The van der Waals surface area contributed by atoms with Crippen LogP contribution < -0.4 is 5.32 Å². The van der Waals surface area contributed by atoms with E-state index in [1.165, 1.54) is 12.1 Å². The van der Waals surface area contributed by atoms with E-state index in [0.717, 1.165) is 12.1 Å². The molecule has 0 aliphatic heterocycles. The first kappa shape index (κ1) is 16.2. The van der Waals surface area contributed by atoms with Gasteiger partial charge in [0.25, 0.3) is 0 Å². The molecule has 1 rings (SSSR count). The van der Waals surface area contributed by atoms with E-state index in [4.69, 9.17) is 0 Å². The summed E-state index contributed by atoms with van der Waals surface area (Å²) < 4.78 is 37.5. The van der Waals surface area contributed by atoms with Gasteiger partial charge in [0.05, 0.1) is 5.56 Å². The van der Waals surface area contributed by atoms with Crippen molar-refractivity contribution in [3.63, 3.8) is 0 Å². The molecule has 0 radical (unpaired) electrons. The van der Waals surface area contributed by atoms with E-state index >= 15 is 0 Å². The lowest BCUT2D eigenvalue weighted by atomic mass is 10.0. The summed E-state index contributed by atoms with van der Waals surface area (Å²) in [5.41, 5.74) is -0.896. The topological polar surface area (TPSA) is 46.2 Å². The van der Waals surface area contributed by atoms with Crippen LogP contribution >= 0.6 is 0 Å². The summed E-state index contributed by atoms with van der Waals surface area (Å²) >= 11 is 0. The van der Waals surface area contributed by atoms with Crippen LogP contribution in [0.15, 0.2) is 24.3 Å². The maximum Gasteiger partial charge on any atom is 0.416 e. The summed E-state index contributed by atoms with van der Waals surface area (Å²) in [6, 6.07) is 4.18. The third kappa shape index (κ3) is 5.03. The first-order valence-electron chi connectivity index (χ1n) is 6.20. The van der Waals surface area contributed by atoms with Gasteiger partial charge in [0.15, 0.2) is 5.78 Å². The number of hydrogen-bond donors (Lipinski definition) is 1. The van der Waals surface area contributed by atoms with Crippen LogP contribution in [-0.4, -0.2) is 17.7 Å². The van der Waals surface area contributed by atoms with Gasteiger partial charge in [0.1, 0.15) is 0 Å². The molecule has 0 aromatic heterocycles. The number of carbonyl (C=O) groups is 2. The highest BCUT2D eigenvalue weighted by Gasteiger charge is 2.30.